The first kappa shape index (κ1) is 18.0. The third-order valence-electron chi connectivity index (χ3n) is 4.59. The number of nitrogens with one attached hydrogen (secondary N) is 1. The van der Waals surface area contributed by atoms with Crippen molar-refractivity contribution in [3.05, 3.63) is 35.9 Å². The highest BCUT2D eigenvalue weighted by atomic mass is 16.3. The van der Waals surface area contributed by atoms with Crippen LogP contribution in [-0.4, -0.2) is 48.2 Å². The predicted molar refractivity (Wildman–Crippen MR) is 93.2 cm³/mol. The van der Waals surface area contributed by atoms with Crippen LogP contribution in [0.3, 0.4) is 0 Å². The number of piperidine rings is 1. The highest BCUT2D eigenvalue weighted by molar-refractivity contribution is 5.75. The van der Waals surface area contributed by atoms with Gasteiger partial charge in [-0.3, -0.25) is 4.79 Å². The van der Waals surface area contributed by atoms with Crippen molar-refractivity contribution in [2.24, 2.45) is 5.92 Å². The van der Waals surface area contributed by atoms with E-state index in [1.807, 2.05) is 18.2 Å². The van der Waals surface area contributed by atoms with Crippen molar-refractivity contribution in [2.75, 3.05) is 26.2 Å². The predicted octanol–water partition coefficient (Wildman–Crippen LogP) is 2.22. The average Bonchev–Trinajstić information content (AvgIpc) is 2.56. The number of aliphatic hydroxyl groups is 1. The Balaban J connectivity index is 1.55. The van der Waals surface area contributed by atoms with E-state index in [0.717, 1.165) is 31.8 Å². The first-order valence-electron chi connectivity index (χ1n) is 8.84. The Morgan fingerprint density at radius 3 is 2.70 bits per heavy atom. The highest BCUT2D eigenvalue weighted by Crippen LogP contribution is 2.15. The SMILES string of the molecule is CC1CCN(CC(O)CNC(=O)CCCc2ccccc2)CC1. The molecule has 128 valence electrons. The molecule has 1 heterocycles. The number of carbonyl (C=O) groups is 1. The fraction of sp³-hybridized carbons (Fsp3) is 0.632. The number of aryl methyl sites for hydroxylation is 1. The molecule has 4 nitrogen and oxygen atoms in total. The molecule has 1 atom stereocenters. The molecule has 0 bridgehead atoms. The number of rotatable bonds is 8. The fourth-order valence-electron chi connectivity index (χ4n) is 3.03. The average molecular weight is 318 g/mol. The summed E-state index contributed by atoms with van der Waals surface area (Å²) in [6.45, 7) is 5.42. The number of aliphatic hydroxyl groups excluding tert-OH is 1. The summed E-state index contributed by atoms with van der Waals surface area (Å²) in [4.78, 5) is 14.1. The third kappa shape index (κ3) is 7.14. The Morgan fingerprint density at radius 1 is 1.30 bits per heavy atom. The van der Waals surface area contributed by atoms with Gasteiger partial charge in [-0.2, -0.15) is 0 Å². The molecule has 4 heteroatoms. The van der Waals surface area contributed by atoms with Crippen LogP contribution in [0, 0.1) is 5.92 Å². The molecule has 0 spiro atoms. The molecule has 0 saturated carbocycles. The molecule has 23 heavy (non-hydrogen) atoms. The van der Waals surface area contributed by atoms with Gasteiger partial charge >= 0.3 is 0 Å². The molecule has 1 aliphatic heterocycles. The number of nitrogens with zero attached hydrogens (tertiary/aromatic N) is 1. The Hall–Kier alpha value is -1.39. The topological polar surface area (TPSA) is 52.6 Å². The van der Waals surface area contributed by atoms with E-state index in [4.69, 9.17) is 0 Å². The number of likely N-dealkylation sites (tertiary alicyclic amines) is 1. The molecule has 0 aliphatic carbocycles. The van der Waals surface area contributed by atoms with Crippen LogP contribution in [0.5, 0.6) is 0 Å². The van der Waals surface area contributed by atoms with Gasteiger partial charge in [-0.05, 0) is 50.3 Å². The summed E-state index contributed by atoms with van der Waals surface area (Å²) in [7, 11) is 0. The van der Waals surface area contributed by atoms with Gasteiger partial charge in [-0.25, -0.2) is 0 Å². The minimum Gasteiger partial charge on any atom is -0.390 e. The van der Waals surface area contributed by atoms with Crippen LogP contribution in [-0.2, 0) is 11.2 Å². The lowest BCUT2D eigenvalue weighted by atomic mass is 9.99. The van der Waals surface area contributed by atoms with Crippen LogP contribution in [0.2, 0.25) is 0 Å². The van der Waals surface area contributed by atoms with E-state index < -0.39 is 6.10 Å². The zero-order valence-electron chi connectivity index (χ0n) is 14.2. The molecule has 1 amide bonds. The molecule has 1 unspecified atom stereocenters. The summed E-state index contributed by atoms with van der Waals surface area (Å²) >= 11 is 0. The monoisotopic (exact) mass is 318 g/mol. The summed E-state index contributed by atoms with van der Waals surface area (Å²) in [6, 6.07) is 10.2. The first-order chi connectivity index (χ1) is 11.1. The Kier molecular flexibility index (Phi) is 7.56. The largest absolute Gasteiger partial charge is 0.390 e. The van der Waals surface area contributed by atoms with E-state index in [-0.39, 0.29) is 5.91 Å². The highest BCUT2D eigenvalue weighted by Gasteiger charge is 2.18. The number of hydrogen-bond acceptors (Lipinski definition) is 3. The lowest BCUT2D eigenvalue weighted by molar-refractivity contribution is -0.121. The molecule has 0 radical (unpaired) electrons. The van der Waals surface area contributed by atoms with Crippen molar-refractivity contribution in [1.29, 1.82) is 0 Å². The maximum atomic E-state index is 11.8. The molecule has 1 fully saturated rings. The van der Waals surface area contributed by atoms with Gasteiger partial charge in [0.2, 0.25) is 5.91 Å². The quantitative estimate of drug-likeness (QED) is 0.773. The van der Waals surface area contributed by atoms with Gasteiger partial charge in [0.15, 0.2) is 0 Å². The number of amides is 1. The zero-order valence-corrected chi connectivity index (χ0v) is 14.2. The van der Waals surface area contributed by atoms with Gasteiger partial charge in [-0.1, -0.05) is 37.3 Å². The Labute approximate surface area is 139 Å². The molecule has 1 aromatic carbocycles. The van der Waals surface area contributed by atoms with Gasteiger partial charge in [0.1, 0.15) is 0 Å². The summed E-state index contributed by atoms with van der Waals surface area (Å²) in [5, 5.41) is 12.9. The molecule has 0 aromatic heterocycles. The molecule has 1 saturated heterocycles. The van der Waals surface area contributed by atoms with Crippen molar-refractivity contribution in [2.45, 2.75) is 45.1 Å². The summed E-state index contributed by atoms with van der Waals surface area (Å²) in [5.41, 5.74) is 1.26. The van der Waals surface area contributed by atoms with Gasteiger partial charge in [0, 0.05) is 19.5 Å². The fourth-order valence-corrected chi connectivity index (χ4v) is 3.03. The van der Waals surface area contributed by atoms with Crippen LogP contribution >= 0.6 is 0 Å². The van der Waals surface area contributed by atoms with Crippen molar-refractivity contribution in [3.8, 4) is 0 Å². The number of hydrogen-bond donors (Lipinski definition) is 2. The Bertz CT molecular complexity index is 456. The van der Waals surface area contributed by atoms with Crippen LogP contribution in [0.1, 0.15) is 38.2 Å². The smallest absolute Gasteiger partial charge is 0.220 e. The van der Waals surface area contributed by atoms with Crippen molar-refractivity contribution in [1.82, 2.24) is 10.2 Å². The first-order valence-corrected chi connectivity index (χ1v) is 8.84. The van der Waals surface area contributed by atoms with E-state index in [2.05, 4.69) is 29.3 Å². The maximum absolute atomic E-state index is 11.8. The molecular formula is C19H30N2O2. The third-order valence-corrected chi connectivity index (χ3v) is 4.59. The lowest BCUT2D eigenvalue weighted by Crippen LogP contribution is -2.43. The standard InChI is InChI=1S/C19H30N2O2/c1-16-10-12-21(13-11-16)15-18(22)14-20-19(23)9-5-8-17-6-3-2-4-7-17/h2-4,6-7,16,18,22H,5,8-15H2,1H3,(H,20,23). The lowest BCUT2D eigenvalue weighted by Gasteiger charge is -2.31. The van der Waals surface area contributed by atoms with Crippen molar-refractivity contribution >= 4 is 5.91 Å². The second-order valence-corrected chi connectivity index (χ2v) is 6.78. The second-order valence-electron chi connectivity index (χ2n) is 6.78. The Morgan fingerprint density at radius 2 is 2.00 bits per heavy atom. The van der Waals surface area contributed by atoms with Crippen LogP contribution in [0.15, 0.2) is 30.3 Å². The zero-order chi connectivity index (χ0) is 16.5. The minimum absolute atomic E-state index is 0.0345. The van der Waals surface area contributed by atoms with Gasteiger partial charge < -0.3 is 15.3 Å². The van der Waals surface area contributed by atoms with Gasteiger partial charge in [0.25, 0.3) is 0 Å². The molecular weight excluding hydrogens is 288 g/mol. The van der Waals surface area contributed by atoms with Gasteiger partial charge in [0.05, 0.1) is 6.10 Å². The normalized spacial score (nSPS) is 17.8. The molecule has 1 aromatic rings. The summed E-state index contributed by atoms with van der Waals surface area (Å²) in [5.74, 6) is 0.833. The van der Waals surface area contributed by atoms with E-state index in [1.54, 1.807) is 0 Å². The summed E-state index contributed by atoms with van der Waals surface area (Å²) in [6.07, 6.45) is 4.22. The van der Waals surface area contributed by atoms with Crippen LogP contribution in [0.4, 0.5) is 0 Å². The molecule has 2 N–H and O–H groups in total. The maximum Gasteiger partial charge on any atom is 0.220 e. The molecule has 2 rings (SSSR count). The molecule has 1 aliphatic rings. The van der Waals surface area contributed by atoms with E-state index >= 15 is 0 Å². The van der Waals surface area contributed by atoms with E-state index in [0.29, 0.717) is 19.5 Å². The number of carbonyl (C=O) groups excluding carboxylic acids is 1. The van der Waals surface area contributed by atoms with Crippen LogP contribution in [0.25, 0.3) is 0 Å². The van der Waals surface area contributed by atoms with E-state index in [1.165, 1.54) is 18.4 Å². The number of β-amino-alcohol motifs (C(OH)–C–C–N with tert-alkyl or cyclic N) is 1. The van der Waals surface area contributed by atoms with Crippen LogP contribution < -0.4 is 5.32 Å². The van der Waals surface area contributed by atoms with Crippen molar-refractivity contribution in [3.63, 3.8) is 0 Å². The van der Waals surface area contributed by atoms with Crippen molar-refractivity contribution < 1.29 is 9.90 Å². The second kappa shape index (κ2) is 9.68. The van der Waals surface area contributed by atoms with E-state index in [9.17, 15) is 9.90 Å². The number of benzene rings is 1. The minimum atomic E-state index is -0.471. The summed E-state index contributed by atoms with van der Waals surface area (Å²) < 4.78 is 0. The van der Waals surface area contributed by atoms with Gasteiger partial charge in [-0.15, -0.1) is 0 Å².